The summed E-state index contributed by atoms with van der Waals surface area (Å²) in [6.07, 6.45) is 0. The third-order valence-electron chi connectivity index (χ3n) is 5.01. The molecule has 1 atom stereocenters. The molecule has 1 N–H and O–H groups in total. The standard InChI is InChI=1S/C22H13BrClFN2O2/c23-16-9-18-19(20(25)10-16)12-27(21(18)28)22(29,15-5-7-17(24)8-6-15)14-3-1-13(11-26)2-4-14/h1-10,29H,12H2. The van der Waals surface area contributed by atoms with Crippen LogP contribution in [0.25, 0.3) is 0 Å². The molecule has 0 radical (unpaired) electrons. The third kappa shape index (κ3) is 3.22. The van der Waals surface area contributed by atoms with Gasteiger partial charge in [0.25, 0.3) is 5.91 Å². The average molecular weight is 472 g/mol. The lowest BCUT2D eigenvalue weighted by atomic mass is 9.92. The van der Waals surface area contributed by atoms with Crippen LogP contribution in [-0.4, -0.2) is 15.9 Å². The second-order valence-corrected chi connectivity index (χ2v) is 8.03. The van der Waals surface area contributed by atoms with Crippen LogP contribution < -0.4 is 0 Å². The third-order valence-corrected chi connectivity index (χ3v) is 5.72. The Morgan fingerprint density at radius 2 is 1.69 bits per heavy atom. The first-order chi connectivity index (χ1) is 13.8. The van der Waals surface area contributed by atoms with Gasteiger partial charge in [-0.3, -0.25) is 9.69 Å². The molecule has 29 heavy (non-hydrogen) atoms. The molecule has 1 aliphatic rings. The van der Waals surface area contributed by atoms with Crippen LogP contribution in [0.1, 0.15) is 32.6 Å². The van der Waals surface area contributed by atoms with Gasteiger partial charge in [-0.2, -0.15) is 5.26 Å². The Bertz CT molecular complexity index is 1160. The summed E-state index contributed by atoms with van der Waals surface area (Å²) < 4.78 is 14.9. The summed E-state index contributed by atoms with van der Waals surface area (Å²) >= 11 is 9.20. The summed E-state index contributed by atoms with van der Waals surface area (Å²) in [6, 6.07) is 17.6. The first kappa shape index (κ1) is 19.6. The highest BCUT2D eigenvalue weighted by Gasteiger charge is 2.46. The molecule has 1 heterocycles. The summed E-state index contributed by atoms with van der Waals surface area (Å²) in [5, 5.41) is 21.4. The Kier molecular flexibility index (Phi) is 4.91. The molecule has 0 aromatic heterocycles. The summed E-state index contributed by atoms with van der Waals surface area (Å²) in [6.45, 7) is -0.105. The number of carbonyl (C=O) groups is 1. The van der Waals surface area contributed by atoms with Crippen molar-refractivity contribution in [2.45, 2.75) is 12.3 Å². The number of hydrogen-bond acceptors (Lipinski definition) is 3. The summed E-state index contributed by atoms with van der Waals surface area (Å²) in [5.74, 6) is -1.02. The van der Waals surface area contributed by atoms with Crippen molar-refractivity contribution in [3.8, 4) is 6.07 Å². The molecule has 144 valence electrons. The second kappa shape index (κ2) is 7.27. The van der Waals surface area contributed by atoms with E-state index in [0.717, 1.165) is 0 Å². The molecule has 7 heteroatoms. The fourth-order valence-corrected chi connectivity index (χ4v) is 4.09. The van der Waals surface area contributed by atoms with Gasteiger partial charge in [-0.05, 0) is 36.4 Å². The zero-order chi connectivity index (χ0) is 20.8. The van der Waals surface area contributed by atoms with Crippen LogP contribution in [0.5, 0.6) is 0 Å². The van der Waals surface area contributed by atoms with E-state index in [1.54, 1.807) is 54.6 Å². The minimum atomic E-state index is -1.88. The van der Waals surface area contributed by atoms with Gasteiger partial charge in [-0.15, -0.1) is 0 Å². The number of halogens is 3. The maximum absolute atomic E-state index is 14.5. The smallest absolute Gasteiger partial charge is 0.257 e. The molecule has 0 spiro atoms. The minimum Gasteiger partial charge on any atom is -0.363 e. The van der Waals surface area contributed by atoms with E-state index in [1.807, 2.05) is 6.07 Å². The Morgan fingerprint density at radius 3 is 2.28 bits per heavy atom. The van der Waals surface area contributed by atoms with E-state index in [2.05, 4.69) is 15.9 Å². The average Bonchev–Trinajstić information content (AvgIpc) is 3.05. The van der Waals surface area contributed by atoms with Crippen molar-refractivity contribution in [1.29, 1.82) is 5.26 Å². The summed E-state index contributed by atoms with van der Waals surface area (Å²) in [4.78, 5) is 14.4. The molecule has 1 aliphatic heterocycles. The molecule has 4 nitrogen and oxygen atoms in total. The van der Waals surface area contributed by atoms with Crippen molar-refractivity contribution in [3.63, 3.8) is 0 Å². The molecular formula is C22H13BrClFN2O2. The number of nitrogens with zero attached hydrogens (tertiary/aromatic N) is 2. The number of carbonyl (C=O) groups excluding carboxylic acids is 1. The van der Waals surface area contributed by atoms with Crippen LogP contribution in [0.4, 0.5) is 4.39 Å². The monoisotopic (exact) mass is 470 g/mol. The number of benzene rings is 3. The Hall–Kier alpha value is -2.72. The highest BCUT2D eigenvalue weighted by atomic mass is 79.9. The van der Waals surface area contributed by atoms with E-state index in [4.69, 9.17) is 16.9 Å². The summed E-state index contributed by atoms with van der Waals surface area (Å²) in [7, 11) is 0. The Labute approximate surface area is 179 Å². The predicted octanol–water partition coefficient (Wildman–Crippen LogP) is 4.96. The molecule has 1 unspecified atom stereocenters. The van der Waals surface area contributed by atoms with E-state index >= 15 is 0 Å². The van der Waals surface area contributed by atoms with Crippen LogP contribution in [-0.2, 0) is 12.3 Å². The number of rotatable bonds is 3. The maximum atomic E-state index is 14.5. The van der Waals surface area contributed by atoms with Crippen LogP contribution in [0.3, 0.4) is 0 Å². The number of nitriles is 1. The van der Waals surface area contributed by atoms with Gasteiger partial charge in [-0.25, -0.2) is 4.39 Å². The first-order valence-corrected chi connectivity index (χ1v) is 9.80. The summed E-state index contributed by atoms with van der Waals surface area (Å²) in [5.41, 5.74) is -0.282. The molecule has 0 bridgehead atoms. The van der Waals surface area contributed by atoms with Crippen LogP contribution >= 0.6 is 27.5 Å². The number of amides is 1. The molecule has 0 saturated carbocycles. The van der Waals surface area contributed by atoms with Gasteiger partial charge in [-0.1, -0.05) is 51.8 Å². The van der Waals surface area contributed by atoms with Crippen molar-refractivity contribution >= 4 is 33.4 Å². The lowest BCUT2D eigenvalue weighted by molar-refractivity contribution is -0.0612. The van der Waals surface area contributed by atoms with Crippen molar-refractivity contribution < 1.29 is 14.3 Å². The van der Waals surface area contributed by atoms with Gasteiger partial charge in [0.1, 0.15) is 5.82 Å². The van der Waals surface area contributed by atoms with Crippen molar-refractivity contribution in [1.82, 2.24) is 4.90 Å². The molecule has 4 rings (SSSR count). The van der Waals surface area contributed by atoms with Crippen molar-refractivity contribution in [2.75, 3.05) is 0 Å². The lowest BCUT2D eigenvalue weighted by Crippen LogP contribution is -2.47. The predicted molar refractivity (Wildman–Crippen MR) is 110 cm³/mol. The second-order valence-electron chi connectivity index (χ2n) is 6.67. The zero-order valence-corrected chi connectivity index (χ0v) is 17.2. The maximum Gasteiger partial charge on any atom is 0.257 e. The van der Waals surface area contributed by atoms with Crippen molar-refractivity contribution in [2.24, 2.45) is 0 Å². The van der Waals surface area contributed by atoms with E-state index < -0.39 is 17.4 Å². The molecule has 3 aromatic carbocycles. The Morgan fingerprint density at radius 1 is 1.10 bits per heavy atom. The molecule has 0 saturated heterocycles. The number of aliphatic hydroxyl groups is 1. The van der Waals surface area contributed by atoms with Gasteiger partial charge in [0.05, 0.1) is 18.2 Å². The van der Waals surface area contributed by atoms with Crippen LogP contribution in [0, 0.1) is 17.1 Å². The van der Waals surface area contributed by atoms with Gasteiger partial charge >= 0.3 is 0 Å². The molecule has 3 aromatic rings. The SMILES string of the molecule is N#Cc1ccc(C(O)(c2ccc(Cl)cc2)N2Cc3c(F)cc(Br)cc3C2=O)cc1. The topological polar surface area (TPSA) is 64.3 Å². The first-order valence-electron chi connectivity index (χ1n) is 8.63. The normalized spacial score (nSPS) is 15.0. The molecule has 0 aliphatic carbocycles. The molecular weight excluding hydrogens is 459 g/mol. The van der Waals surface area contributed by atoms with Crippen LogP contribution in [0.15, 0.2) is 65.1 Å². The minimum absolute atomic E-state index is 0.105. The van der Waals surface area contributed by atoms with E-state index in [9.17, 15) is 14.3 Å². The van der Waals surface area contributed by atoms with E-state index in [0.29, 0.717) is 26.2 Å². The molecule has 1 amide bonds. The van der Waals surface area contributed by atoms with Gasteiger partial charge in [0, 0.05) is 31.7 Å². The fraction of sp³-hybridized carbons (Fsp3) is 0.0909. The largest absolute Gasteiger partial charge is 0.363 e. The lowest BCUT2D eigenvalue weighted by Gasteiger charge is -2.38. The van der Waals surface area contributed by atoms with Gasteiger partial charge < -0.3 is 5.11 Å². The quantitative estimate of drug-likeness (QED) is 0.587. The number of fused-ring (bicyclic) bond motifs is 1. The highest BCUT2D eigenvalue weighted by Crippen LogP contribution is 2.41. The van der Waals surface area contributed by atoms with Crippen LogP contribution in [0.2, 0.25) is 5.02 Å². The van der Waals surface area contributed by atoms with Gasteiger partial charge in [0.15, 0.2) is 5.72 Å². The zero-order valence-electron chi connectivity index (χ0n) is 14.9. The fourth-order valence-electron chi connectivity index (χ4n) is 3.53. The van der Waals surface area contributed by atoms with Gasteiger partial charge in [0.2, 0.25) is 0 Å². The number of hydrogen-bond donors (Lipinski definition) is 1. The van der Waals surface area contributed by atoms with E-state index in [-0.39, 0.29) is 17.7 Å². The Balaban J connectivity index is 1.89. The molecule has 0 fully saturated rings. The van der Waals surface area contributed by atoms with E-state index in [1.165, 1.54) is 11.0 Å². The van der Waals surface area contributed by atoms with Crippen molar-refractivity contribution in [3.05, 3.63) is 104 Å². The highest BCUT2D eigenvalue weighted by molar-refractivity contribution is 9.10.